The van der Waals surface area contributed by atoms with E-state index in [0.29, 0.717) is 0 Å². The summed E-state index contributed by atoms with van der Waals surface area (Å²) in [7, 11) is 0. The molecule has 1 aromatic carbocycles. The molecule has 4 nitrogen and oxygen atoms in total. The SMILES string of the molecule is Cc1nnc2ccccc2c1C.NC=O. The summed E-state index contributed by atoms with van der Waals surface area (Å²) in [5, 5.41) is 9.35. The van der Waals surface area contributed by atoms with Crippen molar-refractivity contribution in [2.75, 3.05) is 0 Å². The molecule has 0 aliphatic heterocycles. The summed E-state index contributed by atoms with van der Waals surface area (Å²) in [6.07, 6.45) is 0.250. The van der Waals surface area contributed by atoms with Crippen LogP contribution in [-0.2, 0) is 4.79 Å². The lowest BCUT2D eigenvalue weighted by Crippen LogP contribution is -1.92. The maximum atomic E-state index is 8.58. The van der Waals surface area contributed by atoms with E-state index in [2.05, 4.69) is 28.9 Å². The number of nitrogens with two attached hydrogens (primary N) is 1. The highest BCUT2D eigenvalue weighted by Crippen LogP contribution is 2.16. The van der Waals surface area contributed by atoms with Crippen LogP contribution in [0.25, 0.3) is 10.9 Å². The first kappa shape index (κ1) is 11.1. The van der Waals surface area contributed by atoms with Gasteiger partial charge in [0.05, 0.1) is 11.2 Å². The van der Waals surface area contributed by atoms with Gasteiger partial charge in [-0.3, -0.25) is 4.79 Å². The molecule has 1 amide bonds. The van der Waals surface area contributed by atoms with Crippen LogP contribution in [-0.4, -0.2) is 16.6 Å². The van der Waals surface area contributed by atoms with E-state index in [1.54, 1.807) is 0 Å². The van der Waals surface area contributed by atoms with Crippen molar-refractivity contribution in [3.63, 3.8) is 0 Å². The highest BCUT2D eigenvalue weighted by atomic mass is 16.1. The van der Waals surface area contributed by atoms with Gasteiger partial charge < -0.3 is 5.73 Å². The molecule has 0 atom stereocenters. The minimum atomic E-state index is 0.250. The summed E-state index contributed by atoms with van der Waals surface area (Å²) in [6, 6.07) is 8.06. The second-order valence-electron chi connectivity index (χ2n) is 3.06. The Morgan fingerprint density at radius 1 is 1.20 bits per heavy atom. The Bertz CT molecular complexity index is 468. The molecule has 0 saturated heterocycles. The van der Waals surface area contributed by atoms with Crippen LogP contribution in [0.1, 0.15) is 11.3 Å². The molecule has 0 aliphatic carbocycles. The number of hydrogen-bond acceptors (Lipinski definition) is 3. The minimum Gasteiger partial charge on any atom is -0.372 e. The number of benzene rings is 1. The van der Waals surface area contributed by atoms with Crippen molar-refractivity contribution in [2.45, 2.75) is 13.8 Å². The average molecular weight is 203 g/mol. The average Bonchev–Trinajstić information content (AvgIpc) is 2.25. The molecule has 2 aromatic rings. The summed E-state index contributed by atoms with van der Waals surface area (Å²) in [5.41, 5.74) is 7.37. The maximum absolute atomic E-state index is 8.58. The molecular formula is C11H13N3O. The number of aryl methyl sites for hydroxylation is 2. The van der Waals surface area contributed by atoms with Crippen LogP contribution in [0, 0.1) is 13.8 Å². The zero-order valence-electron chi connectivity index (χ0n) is 8.77. The van der Waals surface area contributed by atoms with Crippen molar-refractivity contribution in [2.24, 2.45) is 5.73 Å². The maximum Gasteiger partial charge on any atom is 0.204 e. The molecule has 0 saturated carbocycles. The quantitative estimate of drug-likeness (QED) is 0.657. The topological polar surface area (TPSA) is 68.9 Å². The molecular weight excluding hydrogens is 190 g/mol. The number of carbonyl (C=O) groups is 1. The monoisotopic (exact) mass is 203 g/mol. The van der Waals surface area contributed by atoms with E-state index in [1.165, 1.54) is 10.9 Å². The Hall–Kier alpha value is -1.97. The molecule has 0 radical (unpaired) electrons. The first-order valence-electron chi connectivity index (χ1n) is 4.54. The molecule has 1 heterocycles. The van der Waals surface area contributed by atoms with E-state index >= 15 is 0 Å². The Labute approximate surface area is 88.1 Å². The predicted octanol–water partition coefficient (Wildman–Crippen LogP) is 1.35. The van der Waals surface area contributed by atoms with Crippen LogP contribution in [0.5, 0.6) is 0 Å². The first-order chi connectivity index (χ1) is 7.20. The number of primary amides is 1. The van der Waals surface area contributed by atoms with Crippen LogP contribution < -0.4 is 5.73 Å². The first-order valence-corrected chi connectivity index (χ1v) is 4.54. The zero-order valence-corrected chi connectivity index (χ0v) is 8.77. The Morgan fingerprint density at radius 3 is 2.47 bits per heavy atom. The van der Waals surface area contributed by atoms with Gasteiger partial charge in [-0.25, -0.2) is 0 Å². The van der Waals surface area contributed by atoms with Crippen molar-refractivity contribution >= 4 is 17.3 Å². The van der Waals surface area contributed by atoms with Gasteiger partial charge in [-0.1, -0.05) is 18.2 Å². The molecule has 0 bridgehead atoms. The molecule has 0 aliphatic rings. The van der Waals surface area contributed by atoms with Gasteiger partial charge in [-0.2, -0.15) is 10.2 Å². The number of fused-ring (bicyclic) bond motifs is 1. The summed E-state index contributed by atoms with van der Waals surface area (Å²) < 4.78 is 0. The fourth-order valence-electron chi connectivity index (χ4n) is 1.28. The number of aromatic nitrogens is 2. The summed E-state index contributed by atoms with van der Waals surface area (Å²) in [6.45, 7) is 4.06. The van der Waals surface area contributed by atoms with Crippen LogP contribution >= 0.6 is 0 Å². The summed E-state index contributed by atoms with van der Waals surface area (Å²) in [5.74, 6) is 0. The number of rotatable bonds is 0. The fourth-order valence-corrected chi connectivity index (χ4v) is 1.28. The second kappa shape index (κ2) is 5.05. The van der Waals surface area contributed by atoms with Gasteiger partial charge in [0.15, 0.2) is 0 Å². The van der Waals surface area contributed by atoms with Gasteiger partial charge >= 0.3 is 0 Å². The van der Waals surface area contributed by atoms with E-state index in [-0.39, 0.29) is 6.41 Å². The van der Waals surface area contributed by atoms with Crippen LogP contribution in [0.3, 0.4) is 0 Å². The number of carbonyl (C=O) groups excluding carboxylic acids is 1. The molecule has 1 aromatic heterocycles. The van der Waals surface area contributed by atoms with Crippen LogP contribution in [0.15, 0.2) is 24.3 Å². The van der Waals surface area contributed by atoms with Gasteiger partial charge in [0.2, 0.25) is 6.41 Å². The van der Waals surface area contributed by atoms with Gasteiger partial charge in [-0.15, -0.1) is 0 Å². The lowest BCUT2D eigenvalue weighted by atomic mass is 10.1. The normalized spacial score (nSPS) is 9.20. The standard InChI is InChI=1S/C10H10N2.CH3NO/c1-7-8(2)11-12-10-6-4-3-5-9(7)10;2-1-3/h3-6H,1-2H3;1H,(H2,2,3). The van der Waals surface area contributed by atoms with Crippen LogP contribution in [0.2, 0.25) is 0 Å². The van der Waals surface area contributed by atoms with Crippen molar-refractivity contribution in [3.05, 3.63) is 35.5 Å². The van der Waals surface area contributed by atoms with E-state index < -0.39 is 0 Å². The molecule has 4 heteroatoms. The molecule has 0 spiro atoms. The lowest BCUT2D eigenvalue weighted by Gasteiger charge is -2.01. The molecule has 15 heavy (non-hydrogen) atoms. The van der Waals surface area contributed by atoms with Crippen molar-refractivity contribution in [3.8, 4) is 0 Å². The molecule has 0 unspecified atom stereocenters. The lowest BCUT2D eigenvalue weighted by molar-refractivity contribution is -0.106. The van der Waals surface area contributed by atoms with Gasteiger partial charge in [0.25, 0.3) is 0 Å². The second-order valence-corrected chi connectivity index (χ2v) is 3.06. The fraction of sp³-hybridized carbons (Fsp3) is 0.182. The molecule has 0 fully saturated rings. The van der Waals surface area contributed by atoms with Crippen molar-refractivity contribution in [1.82, 2.24) is 10.2 Å². The third-order valence-electron chi connectivity index (χ3n) is 2.16. The number of amides is 1. The molecule has 2 rings (SSSR count). The summed E-state index contributed by atoms with van der Waals surface area (Å²) in [4.78, 5) is 8.58. The van der Waals surface area contributed by atoms with Gasteiger partial charge in [0, 0.05) is 5.39 Å². The largest absolute Gasteiger partial charge is 0.372 e. The number of nitrogens with zero attached hydrogens (tertiary/aromatic N) is 2. The number of hydrogen-bond donors (Lipinski definition) is 1. The Kier molecular flexibility index (Phi) is 3.74. The Balaban J connectivity index is 0.000000337. The van der Waals surface area contributed by atoms with E-state index in [1.807, 2.05) is 25.1 Å². The highest BCUT2D eigenvalue weighted by molar-refractivity contribution is 5.81. The third kappa shape index (κ3) is 2.49. The zero-order chi connectivity index (χ0) is 11.3. The highest BCUT2D eigenvalue weighted by Gasteiger charge is 2.00. The Morgan fingerprint density at radius 2 is 1.80 bits per heavy atom. The van der Waals surface area contributed by atoms with E-state index in [9.17, 15) is 0 Å². The van der Waals surface area contributed by atoms with Crippen molar-refractivity contribution in [1.29, 1.82) is 0 Å². The third-order valence-corrected chi connectivity index (χ3v) is 2.16. The van der Waals surface area contributed by atoms with Gasteiger partial charge in [-0.05, 0) is 25.5 Å². The minimum absolute atomic E-state index is 0.250. The molecule has 78 valence electrons. The van der Waals surface area contributed by atoms with Crippen LogP contribution in [0.4, 0.5) is 0 Å². The van der Waals surface area contributed by atoms with Gasteiger partial charge in [0.1, 0.15) is 0 Å². The van der Waals surface area contributed by atoms with E-state index in [4.69, 9.17) is 4.79 Å². The van der Waals surface area contributed by atoms with Crippen molar-refractivity contribution < 1.29 is 4.79 Å². The predicted molar refractivity (Wildman–Crippen MR) is 59.3 cm³/mol. The smallest absolute Gasteiger partial charge is 0.204 e. The summed E-state index contributed by atoms with van der Waals surface area (Å²) >= 11 is 0. The van der Waals surface area contributed by atoms with E-state index in [0.717, 1.165) is 11.2 Å². The molecule has 2 N–H and O–H groups in total.